The van der Waals surface area contributed by atoms with Gasteiger partial charge < -0.3 is 5.73 Å². The zero-order valence-electron chi connectivity index (χ0n) is 10.7. The Balaban J connectivity index is 2.23. The van der Waals surface area contributed by atoms with Crippen molar-refractivity contribution in [2.24, 2.45) is 11.7 Å². The molecule has 0 atom stereocenters. The second-order valence-corrected chi connectivity index (χ2v) is 7.02. The molecule has 0 spiro atoms. The smallest absolute Gasteiger partial charge is 0.244 e. The van der Waals surface area contributed by atoms with Gasteiger partial charge in [0.15, 0.2) is 0 Å². The van der Waals surface area contributed by atoms with E-state index < -0.39 is 10.0 Å². The number of aromatic nitrogens is 1. The monoisotopic (exact) mass is 299 g/mol. The van der Waals surface area contributed by atoms with Crippen molar-refractivity contribution >= 4 is 27.2 Å². The minimum absolute atomic E-state index is 0.161. The first-order chi connectivity index (χ1) is 8.95. The molecule has 19 heavy (non-hydrogen) atoms. The second-order valence-electron chi connectivity index (χ2n) is 4.64. The van der Waals surface area contributed by atoms with Gasteiger partial charge in [0, 0.05) is 19.3 Å². The van der Waals surface area contributed by atoms with Crippen LogP contribution in [0.2, 0.25) is 0 Å². The number of pyridine rings is 1. The van der Waals surface area contributed by atoms with Crippen molar-refractivity contribution in [1.29, 1.82) is 0 Å². The van der Waals surface area contributed by atoms with Crippen LogP contribution in [-0.4, -0.2) is 35.8 Å². The molecule has 2 N–H and O–H groups in total. The second kappa shape index (κ2) is 5.52. The van der Waals surface area contributed by atoms with E-state index in [2.05, 4.69) is 4.98 Å². The standard InChI is InChI=1S/C12H17N3O2S2/c1-2-15(8-9-3-4-9)19(16,17)10-5-6-11(12(13)18)14-7-10/h5-7,9H,2-4,8H2,1H3,(H2,13,18). The summed E-state index contributed by atoms with van der Waals surface area (Å²) in [6.07, 6.45) is 3.55. The fourth-order valence-electron chi connectivity index (χ4n) is 1.81. The van der Waals surface area contributed by atoms with Crippen LogP contribution in [-0.2, 0) is 10.0 Å². The average Bonchev–Trinajstić information content (AvgIpc) is 3.19. The molecule has 1 aliphatic rings. The van der Waals surface area contributed by atoms with Gasteiger partial charge in [-0.1, -0.05) is 19.1 Å². The lowest BCUT2D eigenvalue weighted by Crippen LogP contribution is -2.32. The molecule has 7 heteroatoms. The molecule has 104 valence electrons. The Morgan fingerprint density at radius 1 is 1.53 bits per heavy atom. The van der Waals surface area contributed by atoms with Gasteiger partial charge in [-0.15, -0.1) is 0 Å². The van der Waals surface area contributed by atoms with E-state index in [9.17, 15) is 8.42 Å². The number of hydrogen-bond acceptors (Lipinski definition) is 4. The van der Waals surface area contributed by atoms with E-state index in [4.69, 9.17) is 18.0 Å². The molecule has 0 saturated heterocycles. The van der Waals surface area contributed by atoms with Crippen LogP contribution in [0.25, 0.3) is 0 Å². The number of rotatable bonds is 6. The Morgan fingerprint density at radius 2 is 2.21 bits per heavy atom. The minimum Gasteiger partial charge on any atom is -0.388 e. The fourth-order valence-corrected chi connectivity index (χ4v) is 3.41. The SMILES string of the molecule is CCN(CC1CC1)S(=O)(=O)c1ccc(C(N)=S)nc1. The van der Waals surface area contributed by atoms with Gasteiger partial charge in [0.1, 0.15) is 9.88 Å². The zero-order valence-corrected chi connectivity index (χ0v) is 12.4. The number of sulfonamides is 1. The van der Waals surface area contributed by atoms with Crippen molar-refractivity contribution in [2.45, 2.75) is 24.7 Å². The lowest BCUT2D eigenvalue weighted by atomic mass is 10.3. The molecule has 0 radical (unpaired) electrons. The van der Waals surface area contributed by atoms with Crippen molar-refractivity contribution in [1.82, 2.24) is 9.29 Å². The highest BCUT2D eigenvalue weighted by molar-refractivity contribution is 7.89. The Bertz CT molecular complexity index is 565. The molecule has 1 heterocycles. The molecule has 2 rings (SSSR count). The van der Waals surface area contributed by atoms with E-state index in [1.54, 1.807) is 6.07 Å². The summed E-state index contributed by atoms with van der Waals surface area (Å²) in [6.45, 7) is 2.91. The van der Waals surface area contributed by atoms with Crippen LogP contribution >= 0.6 is 12.2 Å². The van der Waals surface area contributed by atoms with Crippen LogP contribution in [0.1, 0.15) is 25.5 Å². The van der Waals surface area contributed by atoms with E-state index in [0.29, 0.717) is 24.7 Å². The van der Waals surface area contributed by atoms with Crippen LogP contribution in [0.15, 0.2) is 23.2 Å². The topological polar surface area (TPSA) is 76.3 Å². The van der Waals surface area contributed by atoms with E-state index >= 15 is 0 Å². The highest BCUT2D eigenvalue weighted by Gasteiger charge is 2.30. The van der Waals surface area contributed by atoms with E-state index in [-0.39, 0.29) is 9.88 Å². The van der Waals surface area contributed by atoms with Crippen LogP contribution in [0.4, 0.5) is 0 Å². The average molecular weight is 299 g/mol. The fraction of sp³-hybridized carbons (Fsp3) is 0.500. The molecule has 1 aromatic rings. The van der Waals surface area contributed by atoms with Crippen molar-refractivity contribution in [3.63, 3.8) is 0 Å². The Morgan fingerprint density at radius 3 is 2.63 bits per heavy atom. The predicted molar refractivity (Wildman–Crippen MR) is 77.3 cm³/mol. The molecule has 1 aliphatic carbocycles. The minimum atomic E-state index is -3.46. The molecule has 1 fully saturated rings. The lowest BCUT2D eigenvalue weighted by molar-refractivity contribution is 0.412. The summed E-state index contributed by atoms with van der Waals surface area (Å²) in [7, 11) is -3.46. The summed E-state index contributed by atoms with van der Waals surface area (Å²) in [5, 5.41) is 0. The summed E-state index contributed by atoms with van der Waals surface area (Å²) in [6, 6.07) is 3.05. The first kappa shape index (κ1) is 14.4. The molecular weight excluding hydrogens is 282 g/mol. The van der Waals surface area contributed by atoms with Crippen LogP contribution in [0.3, 0.4) is 0 Å². The summed E-state index contributed by atoms with van der Waals surface area (Å²) in [5.74, 6) is 0.513. The summed E-state index contributed by atoms with van der Waals surface area (Å²) < 4.78 is 26.4. The maximum Gasteiger partial charge on any atom is 0.244 e. The van der Waals surface area contributed by atoms with Gasteiger partial charge in [0.2, 0.25) is 10.0 Å². The van der Waals surface area contributed by atoms with Gasteiger partial charge in [-0.05, 0) is 30.9 Å². The molecule has 0 aliphatic heterocycles. The quantitative estimate of drug-likeness (QED) is 0.797. The van der Waals surface area contributed by atoms with Crippen molar-refractivity contribution in [2.75, 3.05) is 13.1 Å². The van der Waals surface area contributed by atoms with E-state index in [1.165, 1.54) is 16.6 Å². The lowest BCUT2D eigenvalue weighted by Gasteiger charge is -2.20. The molecule has 0 amide bonds. The number of nitrogens with two attached hydrogens (primary N) is 1. The number of hydrogen-bond donors (Lipinski definition) is 1. The highest BCUT2D eigenvalue weighted by atomic mass is 32.2. The summed E-state index contributed by atoms with van der Waals surface area (Å²) in [5.41, 5.74) is 5.87. The highest BCUT2D eigenvalue weighted by Crippen LogP contribution is 2.31. The van der Waals surface area contributed by atoms with Crippen LogP contribution in [0.5, 0.6) is 0 Å². The largest absolute Gasteiger partial charge is 0.388 e. The third kappa shape index (κ3) is 3.29. The van der Waals surface area contributed by atoms with Gasteiger partial charge in [-0.3, -0.25) is 4.98 Å². The predicted octanol–water partition coefficient (Wildman–Crippen LogP) is 1.14. The van der Waals surface area contributed by atoms with Gasteiger partial charge in [0.05, 0.1) is 5.69 Å². The van der Waals surface area contributed by atoms with Crippen molar-refractivity contribution in [3.05, 3.63) is 24.0 Å². The first-order valence-electron chi connectivity index (χ1n) is 6.21. The normalized spacial score (nSPS) is 15.7. The third-order valence-corrected chi connectivity index (χ3v) is 5.27. The molecule has 0 bridgehead atoms. The summed E-state index contributed by atoms with van der Waals surface area (Å²) >= 11 is 4.79. The van der Waals surface area contributed by atoms with Crippen LogP contribution < -0.4 is 5.73 Å². The summed E-state index contributed by atoms with van der Waals surface area (Å²) in [4.78, 5) is 4.34. The van der Waals surface area contributed by atoms with Crippen LogP contribution in [0, 0.1) is 5.92 Å². The van der Waals surface area contributed by atoms with Gasteiger partial charge in [-0.25, -0.2) is 8.42 Å². The van der Waals surface area contributed by atoms with Gasteiger partial charge in [0.25, 0.3) is 0 Å². The molecule has 5 nitrogen and oxygen atoms in total. The van der Waals surface area contributed by atoms with Gasteiger partial charge in [-0.2, -0.15) is 4.31 Å². The van der Waals surface area contributed by atoms with Gasteiger partial charge >= 0.3 is 0 Å². The first-order valence-corrected chi connectivity index (χ1v) is 8.06. The molecule has 1 saturated carbocycles. The Labute approximate surface area is 118 Å². The number of nitrogens with zero attached hydrogens (tertiary/aromatic N) is 2. The third-order valence-electron chi connectivity index (χ3n) is 3.14. The Hall–Kier alpha value is -1.05. The molecule has 1 aromatic heterocycles. The van der Waals surface area contributed by atoms with Crippen molar-refractivity contribution in [3.8, 4) is 0 Å². The van der Waals surface area contributed by atoms with E-state index in [1.807, 2.05) is 6.92 Å². The maximum absolute atomic E-state index is 12.4. The van der Waals surface area contributed by atoms with E-state index in [0.717, 1.165) is 12.8 Å². The molecular formula is C12H17N3O2S2. The van der Waals surface area contributed by atoms with Crippen molar-refractivity contribution < 1.29 is 8.42 Å². The number of thiocarbonyl (C=S) groups is 1. The maximum atomic E-state index is 12.4. The Kier molecular flexibility index (Phi) is 4.17. The zero-order chi connectivity index (χ0) is 14.0. The molecule has 0 unspecified atom stereocenters. The molecule has 0 aromatic carbocycles.